The van der Waals surface area contributed by atoms with E-state index in [4.69, 9.17) is 4.74 Å². The van der Waals surface area contributed by atoms with Crippen molar-refractivity contribution in [1.82, 2.24) is 13.5 Å². The van der Waals surface area contributed by atoms with Crippen LogP contribution in [-0.4, -0.2) is 25.6 Å². The molecule has 2 heterocycles. The zero-order chi connectivity index (χ0) is 27.2. The first-order chi connectivity index (χ1) is 17.3. The van der Waals surface area contributed by atoms with Crippen molar-refractivity contribution in [3.63, 3.8) is 0 Å². The van der Waals surface area contributed by atoms with Crippen LogP contribution in [0.15, 0.2) is 52.1 Å². The summed E-state index contributed by atoms with van der Waals surface area (Å²) < 4.78 is 51.7. The molecule has 0 aliphatic heterocycles. The molecule has 37 heavy (non-hydrogen) atoms. The number of carbonyl (C=O) groups excluding carboxylic acids is 1. The molecule has 2 aromatic carbocycles. The maximum Gasteiger partial charge on any atom is 0.431 e. The van der Waals surface area contributed by atoms with E-state index >= 15 is 0 Å². The fourth-order valence-electron chi connectivity index (χ4n) is 3.92. The minimum atomic E-state index is -4.87. The predicted molar refractivity (Wildman–Crippen MR) is 130 cm³/mol. The molecular weight excluding hydrogens is 511 g/mol. The number of fused-ring (bicyclic) bond motifs is 1. The minimum Gasteiger partial charge on any atom is -0.546 e. The van der Waals surface area contributed by atoms with E-state index < -0.39 is 35.2 Å². The van der Waals surface area contributed by atoms with Crippen LogP contribution in [0.2, 0.25) is 0 Å². The highest BCUT2D eigenvalue weighted by Crippen LogP contribution is 2.38. The fourth-order valence-corrected chi connectivity index (χ4v) is 4.69. The Morgan fingerprint density at radius 2 is 1.81 bits per heavy atom. The number of aromatic nitrogens is 3. The second-order valence-corrected chi connectivity index (χ2v) is 9.66. The summed E-state index contributed by atoms with van der Waals surface area (Å²) in [5, 5.41) is 12.1. The number of ether oxygens (including phenoxy) is 1. The predicted octanol–water partition coefficient (Wildman–Crippen LogP) is 3.29. The number of hydrogen-bond acceptors (Lipinski definition) is 7. The average Bonchev–Trinajstić information content (AvgIpc) is 3.22. The Labute approximate surface area is 212 Å². The summed E-state index contributed by atoms with van der Waals surface area (Å²) in [5.41, 5.74) is -1.88. The molecule has 0 N–H and O–H groups in total. The van der Waals surface area contributed by atoms with Crippen LogP contribution in [0, 0.1) is 12.8 Å². The zero-order valence-electron chi connectivity index (χ0n) is 20.1. The van der Waals surface area contributed by atoms with Crippen LogP contribution in [0.4, 0.5) is 13.2 Å². The van der Waals surface area contributed by atoms with Crippen LogP contribution in [0.3, 0.4) is 0 Å². The molecule has 1 unspecified atom stereocenters. The molecule has 8 nitrogen and oxygen atoms in total. The number of nitrogens with zero attached hydrogens (tertiary/aromatic N) is 3. The van der Waals surface area contributed by atoms with Gasteiger partial charge in [0, 0.05) is 24.1 Å². The lowest BCUT2D eigenvalue weighted by Gasteiger charge is -2.24. The number of hydrogen-bond donors (Lipinski definition) is 0. The highest BCUT2D eigenvalue weighted by atomic mass is 32.1. The van der Waals surface area contributed by atoms with E-state index in [0.717, 1.165) is 24.1 Å². The molecule has 0 amide bonds. The van der Waals surface area contributed by atoms with Crippen molar-refractivity contribution in [2.75, 3.05) is 0 Å². The molecule has 0 saturated heterocycles. The van der Waals surface area contributed by atoms with E-state index in [-0.39, 0.29) is 17.4 Å². The Balaban J connectivity index is 1.90. The SMILES string of the molecule is Cc1ccc(OC(C(=O)[O-])C(C)C)c(-c2nsc3ccc(-n4c(=O)cc(C(F)(F)F)n(C)c4=O)cc23)c1. The van der Waals surface area contributed by atoms with E-state index in [9.17, 15) is 32.7 Å². The minimum absolute atomic E-state index is 0.0539. The zero-order valence-corrected chi connectivity index (χ0v) is 20.9. The van der Waals surface area contributed by atoms with E-state index in [1.165, 1.54) is 12.1 Å². The van der Waals surface area contributed by atoms with Crippen molar-refractivity contribution >= 4 is 27.6 Å². The van der Waals surface area contributed by atoms with Gasteiger partial charge in [-0.15, -0.1) is 0 Å². The van der Waals surface area contributed by atoms with Crippen LogP contribution in [-0.2, 0) is 18.0 Å². The summed E-state index contributed by atoms with van der Waals surface area (Å²) in [5.74, 6) is -1.51. The number of carboxylic acids is 1. The van der Waals surface area contributed by atoms with Gasteiger partial charge in [0.15, 0.2) is 0 Å². The summed E-state index contributed by atoms with van der Waals surface area (Å²) in [6.45, 7) is 5.19. The maximum atomic E-state index is 13.2. The largest absolute Gasteiger partial charge is 0.546 e. The van der Waals surface area contributed by atoms with Crippen LogP contribution in [0.5, 0.6) is 5.75 Å². The van der Waals surface area contributed by atoms with Crippen molar-refractivity contribution in [1.29, 1.82) is 0 Å². The summed E-state index contributed by atoms with van der Waals surface area (Å²) >= 11 is 1.12. The lowest BCUT2D eigenvalue weighted by molar-refractivity contribution is -0.315. The normalized spacial score (nSPS) is 12.8. The van der Waals surface area contributed by atoms with Crippen molar-refractivity contribution in [3.05, 3.63) is 74.6 Å². The van der Waals surface area contributed by atoms with Crippen molar-refractivity contribution in [3.8, 4) is 22.7 Å². The molecule has 194 valence electrons. The van der Waals surface area contributed by atoms with Gasteiger partial charge >= 0.3 is 11.9 Å². The monoisotopic (exact) mass is 532 g/mol. The third-order valence-electron chi connectivity index (χ3n) is 5.80. The van der Waals surface area contributed by atoms with Crippen molar-refractivity contribution in [2.24, 2.45) is 13.0 Å². The van der Waals surface area contributed by atoms with Gasteiger partial charge in [0.1, 0.15) is 17.5 Å². The quantitative estimate of drug-likeness (QED) is 0.377. The summed E-state index contributed by atoms with van der Waals surface area (Å²) in [6, 6.07) is 10.0. The Morgan fingerprint density at radius 3 is 2.43 bits per heavy atom. The molecule has 2 aromatic heterocycles. The Morgan fingerprint density at radius 1 is 1.11 bits per heavy atom. The topological polar surface area (TPSA) is 106 Å². The molecule has 0 spiro atoms. The smallest absolute Gasteiger partial charge is 0.431 e. The van der Waals surface area contributed by atoms with Crippen LogP contribution in [0.1, 0.15) is 25.1 Å². The number of aliphatic carboxylic acids is 1. The molecular formula is C25H21F3N3O5S-. The highest BCUT2D eigenvalue weighted by molar-refractivity contribution is 7.13. The lowest BCUT2D eigenvalue weighted by Crippen LogP contribution is -2.43. The van der Waals surface area contributed by atoms with Gasteiger partial charge in [-0.1, -0.05) is 25.5 Å². The summed E-state index contributed by atoms with van der Waals surface area (Å²) in [7, 11) is 0.940. The van der Waals surface area contributed by atoms with E-state index in [1.54, 1.807) is 38.1 Å². The molecule has 0 radical (unpaired) electrons. The third-order valence-corrected chi connectivity index (χ3v) is 6.63. The number of benzene rings is 2. The third kappa shape index (κ3) is 4.88. The van der Waals surface area contributed by atoms with E-state index in [2.05, 4.69) is 4.37 Å². The van der Waals surface area contributed by atoms with E-state index in [0.29, 0.717) is 36.5 Å². The van der Waals surface area contributed by atoms with Crippen LogP contribution < -0.4 is 21.1 Å². The first-order valence-electron chi connectivity index (χ1n) is 11.1. The van der Waals surface area contributed by atoms with Gasteiger partial charge in [0.25, 0.3) is 5.56 Å². The Kier molecular flexibility index (Phi) is 6.72. The molecule has 4 aromatic rings. The number of carboxylic acid groups (broad SMARTS) is 1. The highest BCUT2D eigenvalue weighted by Gasteiger charge is 2.35. The van der Waals surface area contributed by atoms with Gasteiger partial charge in [0.2, 0.25) is 0 Å². The maximum absolute atomic E-state index is 13.2. The average molecular weight is 533 g/mol. The molecule has 0 fully saturated rings. The van der Waals surface area contributed by atoms with Gasteiger partial charge in [-0.05, 0) is 54.7 Å². The lowest BCUT2D eigenvalue weighted by atomic mass is 10.0. The van der Waals surface area contributed by atoms with Gasteiger partial charge < -0.3 is 14.6 Å². The molecule has 12 heteroatoms. The Bertz CT molecular complexity index is 1640. The first kappa shape index (κ1) is 26.1. The number of halogens is 3. The summed E-state index contributed by atoms with van der Waals surface area (Å²) in [6.07, 6.45) is -6.10. The molecule has 0 aliphatic rings. The van der Waals surface area contributed by atoms with Gasteiger partial charge in [-0.3, -0.25) is 9.36 Å². The fraction of sp³-hybridized carbons (Fsp3) is 0.280. The first-order valence-corrected chi connectivity index (χ1v) is 11.9. The van der Waals surface area contributed by atoms with Gasteiger partial charge in [0.05, 0.1) is 22.1 Å². The van der Waals surface area contributed by atoms with E-state index in [1.807, 2.05) is 6.92 Å². The molecule has 0 saturated carbocycles. The van der Waals surface area contributed by atoms with Gasteiger partial charge in [-0.25, -0.2) is 9.36 Å². The Hall–Kier alpha value is -3.93. The number of rotatable bonds is 6. The number of aryl methyl sites for hydroxylation is 1. The second-order valence-electron chi connectivity index (χ2n) is 8.86. The standard InChI is InChI=1S/C25H22F3N3O5S/c1-12(2)22(23(33)34)36-17-7-5-13(3)9-15(17)21-16-10-14(6-8-18(16)37-29-21)31-20(32)11-19(25(26,27)28)30(4)24(31)35/h5-12,22H,1-4H3,(H,33,34)/p-1. The van der Waals surface area contributed by atoms with Gasteiger partial charge in [-0.2, -0.15) is 17.5 Å². The molecule has 1 atom stereocenters. The molecule has 0 bridgehead atoms. The number of alkyl halides is 3. The number of carbonyl (C=O) groups is 1. The molecule has 4 rings (SSSR count). The van der Waals surface area contributed by atoms with Crippen LogP contribution >= 0.6 is 11.5 Å². The second kappa shape index (κ2) is 9.51. The molecule has 0 aliphatic carbocycles. The van der Waals surface area contributed by atoms with Crippen molar-refractivity contribution < 1.29 is 27.8 Å². The summed E-state index contributed by atoms with van der Waals surface area (Å²) in [4.78, 5) is 37.0. The van der Waals surface area contributed by atoms with Crippen molar-refractivity contribution in [2.45, 2.75) is 33.1 Å². The van der Waals surface area contributed by atoms with Crippen LogP contribution in [0.25, 0.3) is 27.0 Å².